The van der Waals surface area contributed by atoms with E-state index in [2.05, 4.69) is 10.3 Å². The maximum absolute atomic E-state index is 11.4. The number of aryl methyl sites for hydroxylation is 1. The summed E-state index contributed by atoms with van der Waals surface area (Å²) in [7, 11) is 0. The highest BCUT2D eigenvalue weighted by atomic mass is 32.1. The number of anilines is 1. The molecule has 0 unspecified atom stereocenters. The van der Waals surface area contributed by atoms with Crippen LogP contribution in [0.15, 0.2) is 0 Å². The number of nitrogen functional groups attached to an aromatic ring is 1. The summed E-state index contributed by atoms with van der Waals surface area (Å²) in [4.78, 5) is 16.0. The Labute approximate surface area is 81.2 Å². The van der Waals surface area contributed by atoms with E-state index in [0.29, 0.717) is 22.2 Å². The van der Waals surface area contributed by atoms with Crippen molar-refractivity contribution in [3.63, 3.8) is 0 Å². The highest BCUT2D eigenvalue weighted by Crippen LogP contribution is 2.18. The van der Waals surface area contributed by atoms with Crippen LogP contribution >= 0.6 is 11.3 Å². The zero-order chi connectivity index (χ0) is 9.84. The molecule has 0 atom stereocenters. The zero-order valence-electron chi connectivity index (χ0n) is 7.76. The fourth-order valence-corrected chi connectivity index (χ4v) is 1.70. The van der Waals surface area contributed by atoms with Crippen LogP contribution in [0.2, 0.25) is 0 Å². The predicted octanol–water partition coefficient (Wildman–Crippen LogP) is 1.17. The minimum atomic E-state index is -0.0754. The Hall–Kier alpha value is -1.10. The lowest BCUT2D eigenvalue weighted by molar-refractivity contribution is 0.0957. The van der Waals surface area contributed by atoms with Gasteiger partial charge in [0.1, 0.15) is 4.88 Å². The summed E-state index contributed by atoms with van der Waals surface area (Å²) in [6, 6.07) is 0. The van der Waals surface area contributed by atoms with Gasteiger partial charge in [0.15, 0.2) is 5.13 Å². The number of rotatable bonds is 3. The molecular formula is C8H13N3OS. The maximum Gasteiger partial charge on any atom is 0.263 e. The highest BCUT2D eigenvalue weighted by Gasteiger charge is 2.12. The van der Waals surface area contributed by atoms with Gasteiger partial charge in [-0.15, -0.1) is 0 Å². The standard InChI is InChI=1S/C8H13N3OS/c1-3-4-10-7(12)6-5(2)11-8(9)13-6/h3-4H2,1-2H3,(H2,9,11)(H,10,12). The average Bonchev–Trinajstić information content (AvgIpc) is 2.41. The van der Waals surface area contributed by atoms with E-state index in [0.717, 1.165) is 6.42 Å². The lowest BCUT2D eigenvalue weighted by Gasteiger charge is -2.00. The Morgan fingerprint density at radius 3 is 2.85 bits per heavy atom. The molecule has 3 N–H and O–H groups in total. The van der Waals surface area contributed by atoms with E-state index in [-0.39, 0.29) is 5.91 Å². The number of nitrogens with zero attached hydrogens (tertiary/aromatic N) is 1. The van der Waals surface area contributed by atoms with Crippen molar-refractivity contribution in [2.24, 2.45) is 0 Å². The number of nitrogens with one attached hydrogen (secondary N) is 1. The predicted molar refractivity (Wildman–Crippen MR) is 53.9 cm³/mol. The van der Waals surface area contributed by atoms with Gasteiger partial charge < -0.3 is 11.1 Å². The van der Waals surface area contributed by atoms with Crippen molar-refractivity contribution < 1.29 is 4.79 Å². The van der Waals surface area contributed by atoms with Crippen molar-refractivity contribution in [1.82, 2.24) is 10.3 Å². The van der Waals surface area contributed by atoms with Crippen LogP contribution in [0.3, 0.4) is 0 Å². The molecule has 0 fully saturated rings. The third kappa shape index (κ3) is 2.42. The Morgan fingerprint density at radius 2 is 2.38 bits per heavy atom. The summed E-state index contributed by atoms with van der Waals surface area (Å²) in [5.74, 6) is -0.0754. The number of thiazole rings is 1. The smallest absolute Gasteiger partial charge is 0.263 e. The van der Waals surface area contributed by atoms with Crippen molar-refractivity contribution in [3.05, 3.63) is 10.6 Å². The Bertz CT molecular complexity index is 308. The van der Waals surface area contributed by atoms with E-state index in [9.17, 15) is 4.79 Å². The van der Waals surface area contributed by atoms with Gasteiger partial charge in [0, 0.05) is 6.54 Å². The first kappa shape index (κ1) is 9.98. The van der Waals surface area contributed by atoms with Gasteiger partial charge in [0.25, 0.3) is 5.91 Å². The van der Waals surface area contributed by atoms with Crippen LogP contribution in [0.25, 0.3) is 0 Å². The largest absolute Gasteiger partial charge is 0.375 e. The van der Waals surface area contributed by atoms with Crippen molar-refractivity contribution in [1.29, 1.82) is 0 Å². The summed E-state index contributed by atoms with van der Waals surface area (Å²) < 4.78 is 0. The monoisotopic (exact) mass is 199 g/mol. The van der Waals surface area contributed by atoms with Crippen LogP contribution < -0.4 is 11.1 Å². The second kappa shape index (κ2) is 4.23. The summed E-state index contributed by atoms with van der Waals surface area (Å²) >= 11 is 1.23. The van der Waals surface area contributed by atoms with E-state index in [1.165, 1.54) is 11.3 Å². The molecule has 1 rings (SSSR count). The third-order valence-electron chi connectivity index (χ3n) is 1.55. The molecule has 72 valence electrons. The fourth-order valence-electron chi connectivity index (χ4n) is 0.947. The highest BCUT2D eigenvalue weighted by molar-refractivity contribution is 7.17. The van der Waals surface area contributed by atoms with Crippen molar-refractivity contribution in [2.75, 3.05) is 12.3 Å². The lowest BCUT2D eigenvalue weighted by Crippen LogP contribution is -2.23. The second-order valence-electron chi connectivity index (χ2n) is 2.72. The van der Waals surface area contributed by atoms with E-state index in [1.54, 1.807) is 6.92 Å². The summed E-state index contributed by atoms with van der Waals surface area (Å²) in [6.45, 7) is 4.48. The van der Waals surface area contributed by atoms with Crippen LogP contribution in [0.4, 0.5) is 5.13 Å². The summed E-state index contributed by atoms with van der Waals surface area (Å²) in [6.07, 6.45) is 0.930. The first-order chi connectivity index (χ1) is 6.15. The topological polar surface area (TPSA) is 68.0 Å². The molecule has 0 aliphatic heterocycles. The zero-order valence-corrected chi connectivity index (χ0v) is 8.57. The number of amides is 1. The average molecular weight is 199 g/mol. The molecule has 1 amide bonds. The number of nitrogens with two attached hydrogens (primary N) is 1. The van der Waals surface area contributed by atoms with Crippen LogP contribution in [0, 0.1) is 6.92 Å². The van der Waals surface area contributed by atoms with E-state index in [4.69, 9.17) is 5.73 Å². The summed E-state index contributed by atoms with van der Waals surface area (Å²) in [5.41, 5.74) is 6.18. The van der Waals surface area contributed by atoms with Crippen LogP contribution in [0.5, 0.6) is 0 Å². The molecule has 0 aromatic carbocycles. The molecule has 0 aliphatic carbocycles. The normalized spacial score (nSPS) is 10.0. The van der Waals surface area contributed by atoms with E-state index < -0.39 is 0 Å². The number of hydrogen-bond donors (Lipinski definition) is 2. The maximum atomic E-state index is 11.4. The third-order valence-corrected chi connectivity index (χ3v) is 2.54. The molecule has 0 aliphatic rings. The van der Waals surface area contributed by atoms with Crippen LogP contribution in [-0.4, -0.2) is 17.4 Å². The molecule has 4 nitrogen and oxygen atoms in total. The van der Waals surface area contributed by atoms with Gasteiger partial charge in [-0.05, 0) is 13.3 Å². The van der Waals surface area contributed by atoms with Gasteiger partial charge in [0.2, 0.25) is 0 Å². The number of carbonyl (C=O) groups excluding carboxylic acids is 1. The molecule has 0 saturated heterocycles. The number of aromatic nitrogens is 1. The fraction of sp³-hybridized carbons (Fsp3) is 0.500. The number of carbonyl (C=O) groups is 1. The quantitative estimate of drug-likeness (QED) is 0.768. The minimum absolute atomic E-state index is 0.0754. The molecular weight excluding hydrogens is 186 g/mol. The molecule has 13 heavy (non-hydrogen) atoms. The van der Waals surface area contributed by atoms with Crippen LogP contribution in [-0.2, 0) is 0 Å². The molecule has 0 radical (unpaired) electrons. The lowest BCUT2D eigenvalue weighted by atomic mass is 10.3. The molecule has 0 bridgehead atoms. The van der Waals surface area contributed by atoms with Crippen LogP contribution in [0.1, 0.15) is 28.7 Å². The molecule has 0 spiro atoms. The van der Waals surface area contributed by atoms with Gasteiger partial charge in [-0.1, -0.05) is 18.3 Å². The Balaban J connectivity index is 2.70. The Morgan fingerprint density at radius 1 is 1.69 bits per heavy atom. The Kier molecular flexibility index (Phi) is 3.25. The van der Waals surface area contributed by atoms with Crippen molar-refractivity contribution >= 4 is 22.4 Å². The minimum Gasteiger partial charge on any atom is -0.375 e. The van der Waals surface area contributed by atoms with E-state index >= 15 is 0 Å². The SMILES string of the molecule is CCCNC(=O)c1sc(N)nc1C. The number of hydrogen-bond acceptors (Lipinski definition) is 4. The molecule has 1 heterocycles. The van der Waals surface area contributed by atoms with Crippen molar-refractivity contribution in [3.8, 4) is 0 Å². The summed E-state index contributed by atoms with van der Waals surface area (Å²) in [5, 5.41) is 3.22. The molecule has 1 aromatic heterocycles. The van der Waals surface area contributed by atoms with Crippen molar-refractivity contribution in [2.45, 2.75) is 20.3 Å². The van der Waals surface area contributed by atoms with Gasteiger partial charge in [-0.3, -0.25) is 4.79 Å². The van der Waals surface area contributed by atoms with E-state index in [1.807, 2.05) is 6.92 Å². The molecule has 1 aromatic rings. The van der Waals surface area contributed by atoms with Gasteiger partial charge in [0.05, 0.1) is 5.69 Å². The van der Waals surface area contributed by atoms with Gasteiger partial charge in [-0.2, -0.15) is 0 Å². The first-order valence-electron chi connectivity index (χ1n) is 4.16. The first-order valence-corrected chi connectivity index (χ1v) is 4.98. The molecule has 5 heteroatoms. The second-order valence-corrected chi connectivity index (χ2v) is 3.75. The van der Waals surface area contributed by atoms with Gasteiger partial charge in [-0.25, -0.2) is 4.98 Å². The molecule has 0 saturated carbocycles. The van der Waals surface area contributed by atoms with Gasteiger partial charge >= 0.3 is 0 Å².